The van der Waals surface area contributed by atoms with E-state index in [2.05, 4.69) is 12.3 Å². The number of carbonyl (C=O) groups excluding carboxylic acids is 2. The molecule has 0 aliphatic carbocycles. The highest BCUT2D eigenvalue weighted by Gasteiger charge is 2.23. The van der Waals surface area contributed by atoms with Gasteiger partial charge in [0.15, 0.2) is 5.78 Å². The zero-order chi connectivity index (χ0) is 12.0. The number of hydrogen-bond donors (Lipinski definition) is 0. The number of hydrogen-bond acceptors (Lipinski definition) is 2. The van der Waals surface area contributed by atoms with Crippen molar-refractivity contribution in [2.45, 2.75) is 19.3 Å². The van der Waals surface area contributed by atoms with Gasteiger partial charge in [-0.3, -0.25) is 9.59 Å². The fourth-order valence-electron chi connectivity index (χ4n) is 1.58. The molecule has 1 unspecified atom stereocenters. The van der Waals surface area contributed by atoms with Gasteiger partial charge >= 0.3 is 0 Å². The molecule has 0 saturated heterocycles. The van der Waals surface area contributed by atoms with Crippen molar-refractivity contribution in [3.63, 3.8) is 0 Å². The van der Waals surface area contributed by atoms with Gasteiger partial charge in [-0.2, -0.15) is 0 Å². The van der Waals surface area contributed by atoms with Crippen LogP contribution in [0.25, 0.3) is 0 Å². The van der Waals surface area contributed by atoms with Crippen molar-refractivity contribution in [2.75, 3.05) is 0 Å². The maximum Gasteiger partial charge on any atom is 0.152 e. The smallest absolute Gasteiger partial charge is 0.152 e. The molecular formula is C14H14O2. The standard InChI is InChI=1S/C14H14O2/c1-3-4-10-13(16)14(11(2)15)12-8-6-5-7-9-12/h4-9,14H,1,10H2,2H3. The van der Waals surface area contributed by atoms with Gasteiger partial charge in [0.2, 0.25) is 0 Å². The molecule has 2 heteroatoms. The molecule has 82 valence electrons. The van der Waals surface area contributed by atoms with E-state index < -0.39 is 5.92 Å². The first-order valence-electron chi connectivity index (χ1n) is 5.09. The van der Waals surface area contributed by atoms with Crippen LogP contribution in [-0.2, 0) is 9.59 Å². The molecule has 2 nitrogen and oxygen atoms in total. The number of rotatable bonds is 5. The average molecular weight is 214 g/mol. The van der Waals surface area contributed by atoms with Crippen LogP contribution in [0.1, 0.15) is 24.8 Å². The number of carbonyl (C=O) groups is 2. The summed E-state index contributed by atoms with van der Waals surface area (Å²) >= 11 is 0. The molecule has 0 heterocycles. The molecule has 0 radical (unpaired) electrons. The van der Waals surface area contributed by atoms with Crippen molar-refractivity contribution in [1.29, 1.82) is 0 Å². The maximum absolute atomic E-state index is 11.8. The van der Waals surface area contributed by atoms with Crippen LogP contribution in [0.15, 0.2) is 48.7 Å². The summed E-state index contributed by atoms with van der Waals surface area (Å²) in [6, 6.07) is 9.09. The van der Waals surface area contributed by atoms with Gasteiger partial charge in [0.25, 0.3) is 0 Å². The average Bonchev–Trinajstić information content (AvgIpc) is 2.27. The molecule has 0 aliphatic rings. The largest absolute Gasteiger partial charge is 0.299 e. The van der Waals surface area contributed by atoms with Gasteiger partial charge in [0.1, 0.15) is 11.7 Å². The second-order valence-electron chi connectivity index (χ2n) is 3.53. The van der Waals surface area contributed by atoms with Crippen LogP contribution in [0.2, 0.25) is 0 Å². The van der Waals surface area contributed by atoms with E-state index in [9.17, 15) is 9.59 Å². The van der Waals surface area contributed by atoms with E-state index in [-0.39, 0.29) is 18.0 Å². The first-order valence-corrected chi connectivity index (χ1v) is 5.09. The molecule has 16 heavy (non-hydrogen) atoms. The molecule has 0 fully saturated rings. The van der Waals surface area contributed by atoms with E-state index in [0.29, 0.717) is 0 Å². The monoisotopic (exact) mass is 214 g/mol. The van der Waals surface area contributed by atoms with Crippen molar-refractivity contribution >= 4 is 11.6 Å². The molecule has 0 spiro atoms. The highest BCUT2D eigenvalue weighted by Crippen LogP contribution is 2.19. The molecule has 0 aromatic heterocycles. The normalized spacial score (nSPS) is 11.3. The molecule has 0 bridgehead atoms. The van der Waals surface area contributed by atoms with Crippen LogP contribution in [-0.4, -0.2) is 11.6 Å². The molecule has 0 amide bonds. The Morgan fingerprint density at radius 1 is 1.38 bits per heavy atom. The van der Waals surface area contributed by atoms with Gasteiger partial charge in [-0.1, -0.05) is 36.9 Å². The van der Waals surface area contributed by atoms with Crippen LogP contribution in [0.4, 0.5) is 0 Å². The van der Waals surface area contributed by atoms with Crippen LogP contribution in [0.5, 0.6) is 0 Å². The predicted molar refractivity (Wildman–Crippen MR) is 63.2 cm³/mol. The molecule has 1 rings (SSSR count). The summed E-state index contributed by atoms with van der Waals surface area (Å²) in [6.07, 6.45) is 1.74. The minimum absolute atomic E-state index is 0.116. The molecule has 1 aromatic rings. The maximum atomic E-state index is 11.8. The molecule has 1 aromatic carbocycles. The second kappa shape index (κ2) is 5.84. The molecule has 0 N–H and O–H groups in total. The Morgan fingerprint density at radius 2 is 2.00 bits per heavy atom. The van der Waals surface area contributed by atoms with E-state index >= 15 is 0 Å². The van der Waals surface area contributed by atoms with Gasteiger partial charge in [-0.05, 0) is 18.6 Å². The molecule has 0 aliphatic heterocycles. The molecule has 1 atom stereocenters. The fraction of sp³-hybridized carbons (Fsp3) is 0.214. The van der Waals surface area contributed by atoms with E-state index in [4.69, 9.17) is 0 Å². The quantitative estimate of drug-likeness (QED) is 0.557. The fourth-order valence-corrected chi connectivity index (χ4v) is 1.58. The summed E-state index contributed by atoms with van der Waals surface area (Å²) in [7, 11) is 0. The van der Waals surface area contributed by atoms with Gasteiger partial charge in [0, 0.05) is 6.42 Å². The molecule has 0 saturated carbocycles. The highest BCUT2D eigenvalue weighted by molar-refractivity contribution is 6.07. The predicted octanol–water partition coefficient (Wildman–Crippen LogP) is 2.66. The zero-order valence-electron chi connectivity index (χ0n) is 9.27. The molecular weight excluding hydrogens is 200 g/mol. The zero-order valence-corrected chi connectivity index (χ0v) is 9.27. The number of benzene rings is 1. The first-order chi connectivity index (χ1) is 7.66. The van der Waals surface area contributed by atoms with E-state index in [1.807, 2.05) is 18.2 Å². The summed E-state index contributed by atoms with van der Waals surface area (Å²) in [5.41, 5.74) is 3.28. The third-order valence-electron chi connectivity index (χ3n) is 2.31. The van der Waals surface area contributed by atoms with E-state index in [1.165, 1.54) is 6.92 Å². The minimum atomic E-state index is -0.661. The van der Waals surface area contributed by atoms with Gasteiger partial charge < -0.3 is 0 Å². The lowest BCUT2D eigenvalue weighted by Crippen LogP contribution is -2.19. The van der Waals surface area contributed by atoms with Crippen molar-refractivity contribution < 1.29 is 9.59 Å². The summed E-state index contributed by atoms with van der Waals surface area (Å²) in [4.78, 5) is 23.3. The van der Waals surface area contributed by atoms with Crippen molar-refractivity contribution in [3.8, 4) is 0 Å². The summed E-state index contributed by atoms with van der Waals surface area (Å²) in [5, 5.41) is 0. The Labute approximate surface area is 95.3 Å². The Hall–Kier alpha value is -1.92. The number of ketones is 2. The summed E-state index contributed by atoms with van der Waals surface area (Å²) in [6.45, 7) is 4.83. The van der Waals surface area contributed by atoms with E-state index in [1.54, 1.807) is 18.2 Å². The lowest BCUT2D eigenvalue weighted by atomic mass is 9.90. The first kappa shape index (κ1) is 12.2. The third kappa shape index (κ3) is 3.04. The number of Topliss-reactive ketones (excluding diaryl/α,β-unsaturated/α-hetero) is 2. The Kier molecular flexibility index (Phi) is 4.43. The lowest BCUT2D eigenvalue weighted by molar-refractivity contribution is -0.127. The SMILES string of the molecule is C=C=CCC(=O)C(C(C)=O)c1ccccc1. The van der Waals surface area contributed by atoms with Crippen LogP contribution in [0.3, 0.4) is 0 Å². The lowest BCUT2D eigenvalue weighted by Gasteiger charge is -2.11. The topological polar surface area (TPSA) is 34.1 Å². The second-order valence-corrected chi connectivity index (χ2v) is 3.53. The van der Waals surface area contributed by atoms with Crippen molar-refractivity contribution in [1.82, 2.24) is 0 Å². The van der Waals surface area contributed by atoms with Crippen LogP contribution in [0, 0.1) is 0 Å². The van der Waals surface area contributed by atoms with Gasteiger partial charge in [-0.25, -0.2) is 0 Å². The van der Waals surface area contributed by atoms with E-state index in [0.717, 1.165) is 5.56 Å². The Balaban J connectivity index is 2.96. The highest BCUT2D eigenvalue weighted by atomic mass is 16.1. The summed E-state index contributed by atoms with van der Waals surface area (Å²) < 4.78 is 0. The Bertz CT molecular complexity index is 425. The van der Waals surface area contributed by atoms with Crippen molar-refractivity contribution in [3.05, 3.63) is 54.3 Å². The van der Waals surface area contributed by atoms with Gasteiger partial charge in [0.05, 0.1) is 0 Å². The van der Waals surface area contributed by atoms with Crippen molar-refractivity contribution in [2.24, 2.45) is 0 Å². The third-order valence-corrected chi connectivity index (χ3v) is 2.31. The van der Waals surface area contributed by atoms with Gasteiger partial charge in [-0.15, -0.1) is 5.73 Å². The summed E-state index contributed by atoms with van der Waals surface area (Å²) in [5.74, 6) is -0.908. The van der Waals surface area contributed by atoms with Crippen LogP contribution >= 0.6 is 0 Å². The Morgan fingerprint density at radius 3 is 2.50 bits per heavy atom. The minimum Gasteiger partial charge on any atom is -0.299 e. The number of allylic oxidation sites excluding steroid dienone is 1. The van der Waals surface area contributed by atoms with Crippen LogP contribution < -0.4 is 0 Å².